The summed E-state index contributed by atoms with van der Waals surface area (Å²) in [4.78, 5) is 12.5. The first-order valence-electron chi connectivity index (χ1n) is 5.52. The highest BCUT2D eigenvalue weighted by atomic mass is 32.1. The van der Waals surface area contributed by atoms with Gasteiger partial charge in [-0.1, -0.05) is 19.9 Å². The molecule has 0 saturated carbocycles. The van der Waals surface area contributed by atoms with Gasteiger partial charge in [0.2, 0.25) is 0 Å². The Morgan fingerprint density at radius 1 is 1.18 bits per heavy atom. The molecule has 0 atom stereocenters. The van der Waals surface area contributed by atoms with Gasteiger partial charge in [0.05, 0.1) is 0 Å². The summed E-state index contributed by atoms with van der Waals surface area (Å²) in [6.45, 7) is 5.98. The van der Waals surface area contributed by atoms with Gasteiger partial charge < -0.3 is 0 Å². The van der Waals surface area contributed by atoms with Gasteiger partial charge in [-0.15, -0.1) is 11.3 Å². The van der Waals surface area contributed by atoms with E-state index in [1.165, 1.54) is 6.07 Å². The molecule has 17 heavy (non-hydrogen) atoms. The minimum atomic E-state index is -0.346. The zero-order valence-corrected chi connectivity index (χ0v) is 11.0. The fraction of sp³-hybridized carbons (Fsp3) is 0.214. The van der Waals surface area contributed by atoms with Gasteiger partial charge in [-0.25, -0.2) is 4.39 Å². The number of halogens is 1. The van der Waals surface area contributed by atoms with Crippen LogP contribution in [0.4, 0.5) is 4.39 Å². The van der Waals surface area contributed by atoms with E-state index in [1.807, 2.05) is 32.9 Å². The molecule has 0 unspecified atom stereocenters. The van der Waals surface area contributed by atoms with Gasteiger partial charge in [-0.3, -0.25) is 4.79 Å². The third kappa shape index (κ3) is 3.24. The van der Waals surface area contributed by atoms with E-state index < -0.39 is 0 Å². The summed E-state index contributed by atoms with van der Waals surface area (Å²) in [5.41, 5.74) is 0.920. The van der Waals surface area contributed by atoms with Crippen molar-refractivity contribution in [1.29, 1.82) is 0 Å². The SMILES string of the molecule is CC.Cc1ccc(-c2ccc(C=O)cc2F)s1. The molecule has 0 N–H and O–H groups in total. The maximum atomic E-state index is 13.6. The monoisotopic (exact) mass is 250 g/mol. The van der Waals surface area contributed by atoms with E-state index in [-0.39, 0.29) is 5.82 Å². The fourth-order valence-electron chi connectivity index (χ4n) is 1.38. The zero-order chi connectivity index (χ0) is 12.8. The van der Waals surface area contributed by atoms with E-state index in [9.17, 15) is 9.18 Å². The Hall–Kier alpha value is -1.48. The molecule has 2 aromatic rings. The molecule has 0 aliphatic rings. The molecular formula is C14H15FOS. The number of hydrogen-bond acceptors (Lipinski definition) is 2. The average molecular weight is 250 g/mol. The number of thiophene rings is 1. The minimum Gasteiger partial charge on any atom is -0.298 e. The van der Waals surface area contributed by atoms with Gasteiger partial charge in [-0.05, 0) is 31.2 Å². The first kappa shape index (κ1) is 13.6. The van der Waals surface area contributed by atoms with E-state index in [2.05, 4.69) is 0 Å². The van der Waals surface area contributed by atoms with Crippen LogP contribution in [-0.4, -0.2) is 6.29 Å². The fourth-order valence-corrected chi connectivity index (χ4v) is 2.28. The molecule has 0 saturated heterocycles. The number of aldehydes is 1. The normalized spacial score (nSPS) is 9.41. The molecule has 0 radical (unpaired) electrons. The number of aryl methyl sites for hydroxylation is 1. The number of rotatable bonds is 2. The van der Waals surface area contributed by atoms with Crippen LogP contribution in [-0.2, 0) is 0 Å². The zero-order valence-electron chi connectivity index (χ0n) is 10.2. The largest absolute Gasteiger partial charge is 0.298 e. The molecule has 0 bridgehead atoms. The van der Waals surface area contributed by atoms with Gasteiger partial charge in [0.15, 0.2) is 0 Å². The molecule has 1 aromatic carbocycles. The van der Waals surface area contributed by atoms with Crippen molar-refractivity contribution in [2.45, 2.75) is 20.8 Å². The quantitative estimate of drug-likeness (QED) is 0.706. The molecule has 0 spiro atoms. The molecule has 1 heterocycles. The van der Waals surface area contributed by atoms with Crippen molar-refractivity contribution in [1.82, 2.24) is 0 Å². The second-order valence-electron chi connectivity index (χ2n) is 3.27. The van der Waals surface area contributed by atoms with Gasteiger partial charge in [0, 0.05) is 20.9 Å². The lowest BCUT2D eigenvalue weighted by atomic mass is 10.1. The summed E-state index contributed by atoms with van der Waals surface area (Å²) in [6.07, 6.45) is 0.645. The van der Waals surface area contributed by atoms with Crippen molar-refractivity contribution in [3.05, 3.63) is 46.6 Å². The maximum Gasteiger partial charge on any atom is 0.150 e. The van der Waals surface area contributed by atoms with Crippen molar-refractivity contribution in [2.75, 3.05) is 0 Å². The van der Waals surface area contributed by atoms with Crippen LogP contribution in [0, 0.1) is 12.7 Å². The molecule has 0 aliphatic heterocycles. The molecular weight excluding hydrogens is 235 g/mol. The maximum absolute atomic E-state index is 13.6. The summed E-state index contributed by atoms with van der Waals surface area (Å²) in [5, 5.41) is 0. The predicted molar refractivity (Wildman–Crippen MR) is 71.2 cm³/mol. The van der Waals surface area contributed by atoms with Gasteiger partial charge in [0.25, 0.3) is 0 Å². The van der Waals surface area contributed by atoms with Crippen LogP contribution < -0.4 is 0 Å². The van der Waals surface area contributed by atoms with E-state index in [4.69, 9.17) is 0 Å². The van der Waals surface area contributed by atoms with Crippen LogP contribution in [0.2, 0.25) is 0 Å². The van der Waals surface area contributed by atoms with Crippen LogP contribution in [0.25, 0.3) is 10.4 Å². The lowest BCUT2D eigenvalue weighted by molar-refractivity contribution is 0.112. The highest BCUT2D eigenvalue weighted by Crippen LogP contribution is 2.29. The first-order chi connectivity index (χ1) is 8.20. The average Bonchev–Trinajstić information content (AvgIpc) is 2.78. The third-order valence-corrected chi connectivity index (χ3v) is 3.17. The Balaban J connectivity index is 0.000000686. The van der Waals surface area contributed by atoms with E-state index in [0.717, 1.165) is 9.75 Å². The Kier molecular flexibility index (Phi) is 5.04. The highest BCUT2D eigenvalue weighted by Gasteiger charge is 2.07. The molecule has 0 fully saturated rings. The van der Waals surface area contributed by atoms with Crippen molar-refractivity contribution < 1.29 is 9.18 Å². The van der Waals surface area contributed by atoms with Crippen LogP contribution in [0.15, 0.2) is 30.3 Å². The molecule has 1 aromatic heterocycles. The molecule has 2 rings (SSSR count). The molecule has 1 nitrogen and oxygen atoms in total. The lowest BCUT2D eigenvalue weighted by Gasteiger charge is -2.00. The Morgan fingerprint density at radius 3 is 2.35 bits per heavy atom. The van der Waals surface area contributed by atoms with E-state index in [1.54, 1.807) is 23.5 Å². The topological polar surface area (TPSA) is 17.1 Å². The molecule has 0 amide bonds. The minimum absolute atomic E-state index is 0.346. The van der Waals surface area contributed by atoms with Crippen molar-refractivity contribution >= 4 is 17.6 Å². The summed E-state index contributed by atoms with van der Waals surface area (Å²) < 4.78 is 13.6. The van der Waals surface area contributed by atoms with Crippen LogP contribution in [0.3, 0.4) is 0 Å². The smallest absolute Gasteiger partial charge is 0.150 e. The van der Waals surface area contributed by atoms with E-state index in [0.29, 0.717) is 17.4 Å². The Labute approximate surface area is 105 Å². The van der Waals surface area contributed by atoms with Gasteiger partial charge in [0.1, 0.15) is 12.1 Å². The number of benzene rings is 1. The first-order valence-corrected chi connectivity index (χ1v) is 6.34. The highest BCUT2D eigenvalue weighted by molar-refractivity contribution is 7.15. The van der Waals surface area contributed by atoms with Crippen molar-refractivity contribution in [3.63, 3.8) is 0 Å². The van der Waals surface area contributed by atoms with Crippen molar-refractivity contribution in [3.8, 4) is 10.4 Å². The Morgan fingerprint density at radius 2 is 1.88 bits per heavy atom. The van der Waals surface area contributed by atoms with Crippen LogP contribution >= 0.6 is 11.3 Å². The van der Waals surface area contributed by atoms with Gasteiger partial charge in [-0.2, -0.15) is 0 Å². The summed E-state index contributed by atoms with van der Waals surface area (Å²) in [7, 11) is 0. The standard InChI is InChI=1S/C12H9FOS.C2H6/c1-8-2-5-12(15-8)10-4-3-9(7-14)6-11(10)13;1-2/h2-7H,1H3;1-2H3. The molecule has 90 valence electrons. The second kappa shape index (κ2) is 6.30. The predicted octanol–water partition coefficient (Wildman–Crippen LogP) is 4.70. The van der Waals surface area contributed by atoms with Gasteiger partial charge >= 0.3 is 0 Å². The summed E-state index contributed by atoms with van der Waals surface area (Å²) in [5.74, 6) is -0.346. The van der Waals surface area contributed by atoms with Crippen LogP contribution in [0.5, 0.6) is 0 Å². The molecule has 3 heteroatoms. The number of hydrogen-bond donors (Lipinski definition) is 0. The lowest BCUT2D eigenvalue weighted by Crippen LogP contribution is -1.85. The molecule has 0 aliphatic carbocycles. The Bertz CT molecular complexity index is 503. The summed E-state index contributed by atoms with van der Waals surface area (Å²) in [6, 6.07) is 8.37. The van der Waals surface area contributed by atoms with Crippen LogP contribution in [0.1, 0.15) is 29.1 Å². The third-order valence-electron chi connectivity index (χ3n) is 2.14. The number of carbonyl (C=O) groups is 1. The summed E-state index contributed by atoms with van der Waals surface area (Å²) >= 11 is 1.54. The van der Waals surface area contributed by atoms with E-state index >= 15 is 0 Å². The van der Waals surface area contributed by atoms with Crippen molar-refractivity contribution in [2.24, 2.45) is 0 Å². The number of carbonyl (C=O) groups excluding carboxylic acids is 1. The second-order valence-corrected chi connectivity index (χ2v) is 4.56.